The molecule has 0 saturated carbocycles. The molecule has 0 spiro atoms. The molecular formula is C15H14N2O. The maximum absolute atomic E-state index is 12.1. The fourth-order valence-corrected chi connectivity index (χ4v) is 1.82. The first-order chi connectivity index (χ1) is 8.72. The number of carbonyl (C=O) groups excluding carboxylic acids is 1. The van der Waals surface area contributed by atoms with Gasteiger partial charge in [0.25, 0.3) is 5.91 Å². The number of pyridine rings is 1. The van der Waals surface area contributed by atoms with Crippen LogP contribution in [0.3, 0.4) is 0 Å². The Morgan fingerprint density at radius 3 is 3.00 bits per heavy atom. The Morgan fingerprint density at radius 1 is 1.44 bits per heavy atom. The Bertz CT molecular complexity index is 608. The molecular weight excluding hydrogens is 224 g/mol. The Kier molecular flexibility index (Phi) is 3.59. The average molecular weight is 238 g/mol. The zero-order chi connectivity index (χ0) is 13.0. The molecule has 1 amide bonds. The van der Waals surface area contributed by atoms with E-state index in [1.54, 1.807) is 6.20 Å². The summed E-state index contributed by atoms with van der Waals surface area (Å²) in [7, 11) is 0. The molecule has 1 unspecified atom stereocenters. The highest BCUT2D eigenvalue weighted by Crippen LogP contribution is 2.16. The number of terminal acetylenes is 1. The molecule has 1 aromatic carbocycles. The van der Waals surface area contributed by atoms with Gasteiger partial charge in [-0.2, -0.15) is 0 Å². The van der Waals surface area contributed by atoms with Crippen molar-refractivity contribution >= 4 is 16.7 Å². The summed E-state index contributed by atoms with van der Waals surface area (Å²) < 4.78 is 0. The third-order valence-corrected chi connectivity index (χ3v) is 2.69. The topological polar surface area (TPSA) is 42.0 Å². The molecule has 2 aromatic rings. The number of rotatable bonds is 3. The van der Waals surface area contributed by atoms with Crippen molar-refractivity contribution < 1.29 is 4.79 Å². The van der Waals surface area contributed by atoms with E-state index in [0.717, 1.165) is 10.8 Å². The van der Waals surface area contributed by atoms with E-state index in [0.29, 0.717) is 12.1 Å². The smallest absolute Gasteiger partial charge is 0.270 e. The molecule has 0 aliphatic heterocycles. The van der Waals surface area contributed by atoms with Crippen LogP contribution >= 0.6 is 0 Å². The van der Waals surface area contributed by atoms with Gasteiger partial charge >= 0.3 is 0 Å². The molecule has 1 aromatic heterocycles. The van der Waals surface area contributed by atoms with Gasteiger partial charge in [-0.25, -0.2) is 0 Å². The van der Waals surface area contributed by atoms with Gasteiger partial charge < -0.3 is 5.32 Å². The van der Waals surface area contributed by atoms with E-state index < -0.39 is 0 Å². The molecule has 1 heterocycles. The lowest BCUT2D eigenvalue weighted by Crippen LogP contribution is -2.32. The summed E-state index contributed by atoms with van der Waals surface area (Å²) in [4.78, 5) is 16.3. The van der Waals surface area contributed by atoms with Gasteiger partial charge in [0.1, 0.15) is 5.69 Å². The molecule has 0 aliphatic rings. The minimum absolute atomic E-state index is 0.0525. The Balaban J connectivity index is 2.31. The number of carbonyl (C=O) groups is 1. The molecule has 0 fully saturated rings. The second-order valence-electron chi connectivity index (χ2n) is 4.16. The van der Waals surface area contributed by atoms with Crippen molar-refractivity contribution in [1.29, 1.82) is 0 Å². The summed E-state index contributed by atoms with van der Waals surface area (Å²) in [5.41, 5.74) is 0.442. The second kappa shape index (κ2) is 5.33. The van der Waals surface area contributed by atoms with Gasteiger partial charge in [-0.05, 0) is 18.4 Å². The van der Waals surface area contributed by atoms with E-state index in [1.165, 1.54) is 0 Å². The third kappa shape index (κ3) is 2.49. The molecule has 1 N–H and O–H groups in total. The predicted molar refractivity (Wildman–Crippen MR) is 72.1 cm³/mol. The van der Waals surface area contributed by atoms with E-state index in [4.69, 9.17) is 6.42 Å². The Labute approximate surface area is 106 Å². The fraction of sp³-hybridized carbons (Fsp3) is 0.200. The second-order valence-corrected chi connectivity index (χ2v) is 4.16. The van der Waals surface area contributed by atoms with Crippen LogP contribution in [0.1, 0.15) is 23.8 Å². The maximum Gasteiger partial charge on any atom is 0.270 e. The van der Waals surface area contributed by atoms with E-state index in [-0.39, 0.29) is 11.9 Å². The van der Waals surface area contributed by atoms with Crippen LogP contribution in [0.5, 0.6) is 0 Å². The summed E-state index contributed by atoms with van der Waals surface area (Å²) in [6.07, 6.45) is 7.37. The molecule has 3 heteroatoms. The van der Waals surface area contributed by atoms with Crippen LogP contribution in [0.2, 0.25) is 0 Å². The molecule has 0 bridgehead atoms. The van der Waals surface area contributed by atoms with Crippen LogP contribution in [-0.4, -0.2) is 16.9 Å². The third-order valence-electron chi connectivity index (χ3n) is 2.69. The highest BCUT2D eigenvalue weighted by molar-refractivity contribution is 6.05. The van der Waals surface area contributed by atoms with Crippen molar-refractivity contribution in [3.05, 3.63) is 42.2 Å². The number of amides is 1. The first-order valence-corrected chi connectivity index (χ1v) is 5.80. The largest absolute Gasteiger partial charge is 0.347 e. The summed E-state index contributed by atoms with van der Waals surface area (Å²) in [6, 6.07) is 9.51. The van der Waals surface area contributed by atoms with Crippen molar-refractivity contribution in [1.82, 2.24) is 10.3 Å². The molecule has 0 saturated heterocycles. The highest BCUT2D eigenvalue weighted by atomic mass is 16.1. The Hall–Kier alpha value is -2.34. The van der Waals surface area contributed by atoms with Crippen LogP contribution in [0.25, 0.3) is 10.8 Å². The van der Waals surface area contributed by atoms with Crippen LogP contribution < -0.4 is 5.32 Å². The molecule has 3 nitrogen and oxygen atoms in total. The molecule has 2 rings (SSSR count). The first kappa shape index (κ1) is 12.1. The zero-order valence-electron chi connectivity index (χ0n) is 10.2. The summed E-state index contributed by atoms with van der Waals surface area (Å²) in [6.45, 7) is 1.88. The summed E-state index contributed by atoms with van der Waals surface area (Å²) in [5.74, 6) is 2.34. The minimum atomic E-state index is -0.186. The lowest BCUT2D eigenvalue weighted by atomic mass is 10.1. The van der Waals surface area contributed by atoms with Gasteiger partial charge in [-0.15, -0.1) is 12.3 Å². The van der Waals surface area contributed by atoms with E-state index >= 15 is 0 Å². The van der Waals surface area contributed by atoms with Crippen LogP contribution in [-0.2, 0) is 0 Å². The predicted octanol–water partition coefficient (Wildman–Crippen LogP) is 2.38. The number of hydrogen-bond acceptors (Lipinski definition) is 2. The minimum Gasteiger partial charge on any atom is -0.347 e. The van der Waals surface area contributed by atoms with Crippen LogP contribution in [0.15, 0.2) is 36.5 Å². The summed E-state index contributed by atoms with van der Waals surface area (Å²) in [5, 5.41) is 4.70. The number of hydrogen-bond donors (Lipinski definition) is 1. The van der Waals surface area contributed by atoms with Crippen molar-refractivity contribution in [2.45, 2.75) is 19.4 Å². The van der Waals surface area contributed by atoms with Gasteiger partial charge in [0, 0.05) is 24.0 Å². The highest BCUT2D eigenvalue weighted by Gasteiger charge is 2.13. The van der Waals surface area contributed by atoms with Crippen molar-refractivity contribution in [2.24, 2.45) is 0 Å². The molecule has 0 aliphatic carbocycles. The summed E-state index contributed by atoms with van der Waals surface area (Å²) >= 11 is 0. The standard InChI is InChI=1S/C15H14N2O/c1-3-6-11(2)17-15(18)14-13-8-5-4-7-12(13)9-10-16-14/h1,4-5,7-11H,6H2,2H3,(H,17,18). The fourth-order valence-electron chi connectivity index (χ4n) is 1.82. The lowest BCUT2D eigenvalue weighted by Gasteiger charge is -2.11. The monoisotopic (exact) mass is 238 g/mol. The van der Waals surface area contributed by atoms with E-state index in [2.05, 4.69) is 16.2 Å². The lowest BCUT2D eigenvalue weighted by molar-refractivity contribution is 0.0937. The van der Waals surface area contributed by atoms with Gasteiger partial charge in [-0.3, -0.25) is 9.78 Å². The number of fused-ring (bicyclic) bond motifs is 1. The van der Waals surface area contributed by atoms with Gasteiger partial charge in [0.15, 0.2) is 0 Å². The Morgan fingerprint density at radius 2 is 2.22 bits per heavy atom. The SMILES string of the molecule is C#CCC(C)NC(=O)c1nccc2ccccc12. The van der Waals surface area contributed by atoms with Gasteiger partial charge in [-0.1, -0.05) is 24.3 Å². The maximum atomic E-state index is 12.1. The molecule has 1 atom stereocenters. The molecule has 18 heavy (non-hydrogen) atoms. The van der Waals surface area contributed by atoms with E-state index in [1.807, 2.05) is 37.3 Å². The molecule has 90 valence electrons. The first-order valence-electron chi connectivity index (χ1n) is 5.80. The van der Waals surface area contributed by atoms with Crippen molar-refractivity contribution in [3.8, 4) is 12.3 Å². The number of benzene rings is 1. The van der Waals surface area contributed by atoms with Crippen molar-refractivity contribution in [2.75, 3.05) is 0 Å². The zero-order valence-corrected chi connectivity index (χ0v) is 10.2. The van der Waals surface area contributed by atoms with Crippen molar-refractivity contribution in [3.63, 3.8) is 0 Å². The van der Waals surface area contributed by atoms with Gasteiger partial charge in [0.05, 0.1) is 0 Å². The quantitative estimate of drug-likeness (QED) is 0.834. The average Bonchev–Trinajstić information content (AvgIpc) is 2.38. The number of aromatic nitrogens is 1. The van der Waals surface area contributed by atoms with E-state index in [9.17, 15) is 4.79 Å². The normalized spacial score (nSPS) is 11.8. The van der Waals surface area contributed by atoms with Crippen LogP contribution in [0.4, 0.5) is 0 Å². The number of nitrogens with zero attached hydrogens (tertiary/aromatic N) is 1. The molecule has 0 radical (unpaired) electrons. The number of nitrogens with one attached hydrogen (secondary N) is 1. The van der Waals surface area contributed by atoms with Crippen LogP contribution in [0, 0.1) is 12.3 Å². The van der Waals surface area contributed by atoms with Gasteiger partial charge in [0.2, 0.25) is 0 Å².